The van der Waals surface area contributed by atoms with Gasteiger partial charge in [-0.2, -0.15) is 4.98 Å². The van der Waals surface area contributed by atoms with Gasteiger partial charge >= 0.3 is 0 Å². The predicted molar refractivity (Wildman–Crippen MR) is 76.0 cm³/mol. The molecule has 1 heterocycles. The van der Waals surface area contributed by atoms with Crippen molar-refractivity contribution in [2.45, 2.75) is 38.1 Å². The molecule has 2 rings (SSSR count). The fourth-order valence-corrected chi connectivity index (χ4v) is 3.05. The van der Waals surface area contributed by atoms with Crippen molar-refractivity contribution in [2.75, 3.05) is 18.1 Å². The zero-order chi connectivity index (χ0) is 13.0. The lowest BCUT2D eigenvalue weighted by Crippen LogP contribution is -2.39. The molecule has 1 saturated carbocycles. The number of hydrogen-bond donors (Lipinski definition) is 1. The molecule has 100 valence electrons. The van der Waals surface area contributed by atoms with Crippen molar-refractivity contribution in [2.24, 2.45) is 0 Å². The van der Waals surface area contributed by atoms with E-state index in [-0.39, 0.29) is 11.9 Å². The first-order valence-electron chi connectivity index (χ1n) is 6.28. The van der Waals surface area contributed by atoms with Crippen LogP contribution in [-0.4, -0.2) is 34.3 Å². The quantitative estimate of drug-likeness (QED) is 0.860. The number of aliphatic hydroxyl groups is 1. The summed E-state index contributed by atoms with van der Waals surface area (Å²) in [6.07, 6.45) is 7.74. The predicted octanol–water partition coefficient (Wildman–Crippen LogP) is 3.02. The number of hydrogen-bond acceptors (Lipinski definition) is 4. The van der Waals surface area contributed by atoms with E-state index in [1.807, 2.05) is 0 Å². The number of aliphatic hydroxyl groups excluding tert-OH is 1. The van der Waals surface area contributed by atoms with Gasteiger partial charge in [-0.1, -0.05) is 19.3 Å². The molecule has 1 fully saturated rings. The minimum absolute atomic E-state index is 0.116. The van der Waals surface area contributed by atoms with E-state index in [9.17, 15) is 5.11 Å². The molecule has 0 amide bonds. The summed E-state index contributed by atoms with van der Waals surface area (Å²) in [7, 11) is 0. The zero-order valence-corrected chi connectivity index (χ0v) is 12.5. The van der Waals surface area contributed by atoms with Gasteiger partial charge in [0, 0.05) is 18.8 Å². The third kappa shape index (κ3) is 3.33. The molecular formula is C12H17BrClN3O. The largest absolute Gasteiger partial charge is 0.395 e. The van der Waals surface area contributed by atoms with Crippen molar-refractivity contribution >= 4 is 33.3 Å². The van der Waals surface area contributed by atoms with Crippen molar-refractivity contribution in [3.05, 3.63) is 16.0 Å². The van der Waals surface area contributed by atoms with Crippen LogP contribution in [0, 0.1) is 0 Å². The number of halogens is 2. The van der Waals surface area contributed by atoms with Gasteiger partial charge in [0.15, 0.2) is 0 Å². The monoisotopic (exact) mass is 333 g/mol. The Kier molecular flexibility index (Phi) is 5.21. The van der Waals surface area contributed by atoms with Gasteiger partial charge in [0.1, 0.15) is 5.82 Å². The highest BCUT2D eigenvalue weighted by Crippen LogP contribution is 2.30. The molecule has 1 N–H and O–H groups in total. The first kappa shape index (κ1) is 14.0. The van der Waals surface area contributed by atoms with Gasteiger partial charge in [0.2, 0.25) is 5.28 Å². The summed E-state index contributed by atoms with van der Waals surface area (Å²) in [6.45, 7) is 0.696. The highest BCUT2D eigenvalue weighted by Gasteiger charge is 2.24. The second kappa shape index (κ2) is 6.68. The molecule has 18 heavy (non-hydrogen) atoms. The smallest absolute Gasteiger partial charge is 0.224 e. The molecule has 0 aromatic carbocycles. The molecule has 0 saturated heterocycles. The first-order valence-corrected chi connectivity index (χ1v) is 7.45. The van der Waals surface area contributed by atoms with Gasteiger partial charge in [-0.15, -0.1) is 0 Å². The van der Waals surface area contributed by atoms with E-state index in [0.29, 0.717) is 12.6 Å². The van der Waals surface area contributed by atoms with Crippen LogP contribution >= 0.6 is 27.5 Å². The minimum Gasteiger partial charge on any atom is -0.395 e. The minimum atomic E-state index is 0.116. The first-order chi connectivity index (χ1) is 8.72. The topological polar surface area (TPSA) is 49.2 Å². The maximum atomic E-state index is 9.26. The molecule has 0 unspecified atom stereocenters. The molecule has 0 radical (unpaired) electrons. The van der Waals surface area contributed by atoms with E-state index in [0.717, 1.165) is 23.1 Å². The lowest BCUT2D eigenvalue weighted by atomic mass is 9.94. The van der Waals surface area contributed by atoms with Crippen LogP contribution in [0.2, 0.25) is 5.28 Å². The van der Waals surface area contributed by atoms with Gasteiger partial charge in [0.05, 0.1) is 11.1 Å². The Morgan fingerprint density at radius 1 is 1.39 bits per heavy atom. The summed E-state index contributed by atoms with van der Waals surface area (Å²) in [5.74, 6) is 0.788. The Hall–Kier alpha value is -0.390. The van der Waals surface area contributed by atoms with Gasteiger partial charge in [-0.25, -0.2) is 4.98 Å². The van der Waals surface area contributed by atoms with Crippen molar-refractivity contribution in [1.29, 1.82) is 0 Å². The van der Waals surface area contributed by atoms with Crippen LogP contribution in [0.1, 0.15) is 32.1 Å². The van der Waals surface area contributed by atoms with E-state index in [1.165, 1.54) is 19.3 Å². The van der Waals surface area contributed by atoms with Crippen LogP contribution < -0.4 is 4.90 Å². The SMILES string of the molecule is OCCN(c1nc(Cl)ncc1Br)C1CCCCC1. The van der Waals surface area contributed by atoms with Crippen LogP contribution in [0.15, 0.2) is 10.7 Å². The van der Waals surface area contributed by atoms with Crippen LogP contribution in [0.3, 0.4) is 0 Å². The normalized spacial score (nSPS) is 16.8. The Balaban J connectivity index is 2.24. The molecule has 1 aliphatic rings. The van der Waals surface area contributed by atoms with E-state index >= 15 is 0 Å². The van der Waals surface area contributed by atoms with E-state index < -0.39 is 0 Å². The van der Waals surface area contributed by atoms with E-state index in [2.05, 4.69) is 30.8 Å². The molecule has 6 heteroatoms. The average Bonchev–Trinajstić information content (AvgIpc) is 2.40. The molecule has 1 aliphatic carbocycles. The second-order valence-electron chi connectivity index (χ2n) is 4.52. The molecule has 1 aromatic rings. The molecule has 0 bridgehead atoms. The summed E-state index contributed by atoms with van der Waals surface area (Å²) in [5, 5.41) is 9.50. The zero-order valence-electron chi connectivity index (χ0n) is 10.1. The Labute approximate surface area is 121 Å². The van der Waals surface area contributed by atoms with Crippen LogP contribution in [0.4, 0.5) is 5.82 Å². The molecule has 0 atom stereocenters. The maximum Gasteiger partial charge on any atom is 0.224 e. The van der Waals surface area contributed by atoms with Crippen LogP contribution in [0.25, 0.3) is 0 Å². The fourth-order valence-electron chi connectivity index (χ4n) is 2.50. The van der Waals surface area contributed by atoms with Crippen molar-refractivity contribution in [1.82, 2.24) is 9.97 Å². The van der Waals surface area contributed by atoms with Gasteiger partial charge < -0.3 is 10.0 Å². The Bertz CT molecular complexity index is 399. The standard InChI is InChI=1S/C12H17BrClN3O/c13-10-8-15-12(14)16-11(10)17(6-7-18)9-4-2-1-3-5-9/h8-9,18H,1-7H2. The maximum absolute atomic E-state index is 9.26. The Morgan fingerprint density at radius 2 is 2.11 bits per heavy atom. The molecular weight excluding hydrogens is 318 g/mol. The summed E-state index contributed by atoms with van der Waals surface area (Å²) in [4.78, 5) is 10.4. The van der Waals surface area contributed by atoms with Gasteiger partial charge in [-0.3, -0.25) is 0 Å². The summed E-state index contributed by atoms with van der Waals surface area (Å²) < 4.78 is 0.825. The molecule has 1 aromatic heterocycles. The third-order valence-electron chi connectivity index (χ3n) is 3.32. The van der Waals surface area contributed by atoms with E-state index in [1.54, 1.807) is 6.20 Å². The third-order valence-corrected chi connectivity index (χ3v) is 4.07. The van der Waals surface area contributed by atoms with E-state index in [4.69, 9.17) is 11.6 Å². The summed E-state index contributed by atoms with van der Waals surface area (Å²) in [5.41, 5.74) is 0. The van der Waals surface area contributed by atoms with Crippen molar-refractivity contribution < 1.29 is 5.11 Å². The van der Waals surface area contributed by atoms with Crippen molar-refractivity contribution in [3.8, 4) is 0 Å². The van der Waals surface area contributed by atoms with Gasteiger partial charge in [-0.05, 0) is 40.4 Å². The van der Waals surface area contributed by atoms with Crippen LogP contribution in [-0.2, 0) is 0 Å². The fraction of sp³-hybridized carbons (Fsp3) is 0.667. The van der Waals surface area contributed by atoms with Crippen molar-refractivity contribution in [3.63, 3.8) is 0 Å². The average molecular weight is 335 g/mol. The highest BCUT2D eigenvalue weighted by atomic mass is 79.9. The number of nitrogens with zero attached hydrogens (tertiary/aromatic N) is 3. The number of aromatic nitrogens is 2. The lowest BCUT2D eigenvalue weighted by molar-refractivity contribution is 0.289. The van der Waals surface area contributed by atoms with Gasteiger partial charge in [0.25, 0.3) is 0 Å². The second-order valence-corrected chi connectivity index (χ2v) is 5.71. The Morgan fingerprint density at radius 3 is 2.78 bits per heavy atom. The molecule has 4 nitrogen and oxygen atoms in total. The van der Waals surface area contributed by atoms with Crippen LogP contribution in [0.5, 0.6) is 0 Å². The summed E-state index contributed by atoms with van der Waals surface area (Å²) >= 11 is 9.33. The summed E-state index contributed by atoms with van der Waals surface area (Å²) in [6, 6.07) is 0.438. The number of anilines is 1. The highest BCUT2D eigenvalue weighted by molar-refractivity contribution is 9.10. The molecule has 0 spiro atoms. The number of rotatable bonds is 4. The lowest BCUT2D eigenvalue weighted by Gasteiger charge is -2.35. The molecule has 0 aliphatic heterocycles.